The fraction of sp³-hybridized carbons (Fsp3) is 0.182. The predicted octanol–water partition coefficient (Wildman–Crippen LogP) is 3.22. The number of carbonyl (C=O) groups excluding carboxylic acids is 1. The molecule has 1 N–H and O–H groups in total. The van der Waals surface area contributed by atoms with Crippen LogP contribution in [0.3, 0.4) is 0 Å². The van der Waals surface area contributed by atoms with E-state index in [9.17, 15) is 4.79 Å². The number of hydrogen-bond donors (Lipinski definition) is 1. The summed E-state index contributed by atoms with van der Waals surface area (Å²) < 4.78 is 12.3. The number of methoxy groups -OCH3 is 2. The number of thioether (sulfide) groups is 1. The minimum Gasteiger partial charge on any atom is -0.493 e. The van der Waals surface area contributed by atoms with Gasteiger partial charge in [0, 0.05) is 12.1 Å². The Morgan fingerprint density at radius 3 is 2.58 bits per heavy atom. The molecular weight excluding hydrogens is 414 g/mol. The van der Waals surface area contributed by atoms with E-state index in [1.165, 1.54) is 11.8 Å². The second-order valence-corrected chi connectivity index (χ2v) is 7.53. The minimum absolute atomic E-state index is 0.0818. The molecule has 4 aromatic rings. The first-order valence-corrected chi connectivity index (χ1v) is 10.5. The molecule has 0 atom stereocenters. The van der Waals surface area contributed by atoms with E-state index in [1.807, 2.05) is 60.7 Å². The Hall–Kier alpha value is -3.59. The summed E-state index contributed by atoms with van der Waals surface area (Å²) >= 11 is 1.29. The van der Waals surface area contributed by atoms with Crippen LogP contribution in [0.4, 0.5) is 0 Å². The number of carbonyl (C=O) groups is 1. The summed E-state index contributed by atoms with van der Waals surface area (Å²) in [6.07, 6.45) is 0. The normalized spacial score (nSPS) is 10.8. The summed E-state index contributed by atoms with van der Waals surface area (Å²) in [6, 6.07) is 19.1. The van der Waals surface area contributed by atoms with Crippen LogP contribution in [0.2, 0.25) is 0 Å². The van der Waals surface area contributed by atoms with Crippen molar-refractivity contribution in [3.63, 3.8) is 0 Å². The molecule has 2 aromatic heterocycles. The molecule has 8 nitrogen and oxygen atoms in total. The van der Waals surface area contributed by atoms with Crippen molar-refractivity contribution in [3.05, 3.63) is 66.2 Å². The Morgan fingerprint density at radius 2 is 1.81 bits per heavy atom. The van der Waals surface area contributed by atoms with Crippen molar-refractivity contribution in [1.29, 1.82) is 0 Å². The maximum absolute atomic E-state index is 12.2. The molecule has 0 aliphatic heterocycles. The summed E-state index contributed by atoms with van der Waals surface area (Å²) in [5, 5.41) is 16.4. The van der Waals surface area contributed by atoms with Crippen molar-refractivity contribution in [2.75, 3.05) is 20.0 Å². The van der Waals surface area contributed by atoms with Crippen molar-refractivity contribution in [2.45, 2.75) is 11.7 Å². The number of ether oxygens (including phenoxy) is 2. The smallest absolute Gasteiger partial charge is 0.230 e. The average Bonchev–Trinajstić information content (AvgIpc) is 3.23. The molecule has 9 heteroatoms. The highest BCUT2D eigenvalue weighted by molar-refractivity contribution is 7.99. The quantitative estimate of drug-likeness (QED) is 0.425. The third-order valence-corrected chi connectivity index (χ3v) is 5.50. The molecule has 0 fully saturated rings. The molecule has 2 heterocycles. The maximum Gasteiger partial charge on any atom is 0.230 e. The third kappa shape index (κ3) is 4.77. The van der Waals surface area contributed by atoms with Crippen LogP contribution in [0, 0.1) is 0 Å². The summed E-state index contributed by atoms with van der Waals surface area (Å²) in [7, 11) is 3.19. The maximum atomic E-state index is 12.2. The number of fused-ring (bicyclic) bond motifs is 1. The summed E-state index contributed by atoms with van der Waals surface area (Å²) in [6.45, 7) is 0.489. The van der Waals surface area contributed by atoms with Crippen molar-refractivity contribution in [3.8, 4) is 22.8 Å². The number of aromatic nitrogens is 4. The zero-order valence-corrected chi connectivity index (χ0v) is 17.9. The molecule has 4 rings (SSSR count). The highest BCUT2D eigenvalue weighted by Gasteiger charge is 2.13. The van der Waals surface area contributed by atoms with Crippen molar-refractivity contribution in [1.82, 2.24) is 25.1 Å². The first-order valence-electron chi connectivity index (χ1n) is 9.56. The lowest BCUT2D eigenvalue weighted by Crippen LogP contribution is -2.24. The van der Waals surface area contributed by atoms with Gasteiger partial charge in [-0.2, -0.15) is 9.61 Å². The van der Waals surface area contributed by atoms with Crippen LogP contribution in [0.5, 0.6) is 11.5 Å². The van der Waals surface area contributed by atoms with Gasteiger partial charge < -0.3 is 14.8 Å². The first-order chi connectivity index (χ1) is 15.2. The average molecular weight is 436 g/mol. The molecule has 0 spiro atoms. The van der Waals surface area contributed by atoms with Gasteiger partial charge in [0.1, 0.15) is 0 Å². The van der Waals surface area contributed by atoms with Crippen LogP contribution in [-0.4, -0.2) is 45.7 Å². The van der Waals surface area contributed by atoms with Gasteiger partial charge in [-0.25, -0.2) is 0 Å². The monoisotopic (exact) mass is 435 g/mol. The number of hydrogen-bond acceptors (Lipinski definition) is 7. The van der Waals surface area contributed by atoms with Crippen molar-refractivity contribution in [2.24, 2.45) is 0 Å². The van der Waals surface area contributed by atoms with Crippen molar-refractivity contribution < 1.29 is 14.3 Å². The van der Waals surface area contributed by atoms with Crippen LogP contribution in [0.1, 0.15) is 5.56 Å². The topological polar surface area (TPSA) is 90.6 Å². The predicted molar refractivity (Wildman–Crippen MR) is 118 cm³/mol. The largest absolute Gasteiger partial charge is 0.493 e. The highest BCUT2D eigenvalue weighted by atomic mass is 32.2. The SMILES string of the molecule is COc1ccc(-c2ccc3nnc(SCC(=O)NCc4ccccc4)n3n2)cc1OC. The number of nitrogens with one attached hydrogen (secondary N) is 1. The number of amides is 1. The molecule has 0 saturated carbocycles. The number of rotatable bonds is 8. The molecule has 0 aliphatic rings. The lowest BCUT2D eigenvalue weighted by atomic mass is 10.1. The zero-order chi connectivity index (χ0) is 21.6. The van der Waals surface area contributed by atoms with E-state index in [1.54, 1.807) is 18.7 Å². The molecule has 1 amide bonds. The van der Waals surface area contributed by atoms with Gasteiger partial charge in [-0.15, -0.1) is 10.2 Å². The Morgan fingerprint density at radius 1 is 1.00 bits per heavy atom. The lowest BCUT2D eigenvalue weighted by molar-refractivity contribution is -0.118. The lowest BCUT2D eigenvalue weighted by Gasteiger charge is -2.09. The van der Waals surface area contributed by atoms with Gasteiger partial charge in [0.2, 0.25) is 11.1 Å². The van der Waals surface area contributed by atoms with Gasteiger partial charge in [-0.1, -0.05) is 42.1 Å². The molecule has 158 valence electrons. The number of nitrogens with zero attached hydrogens (tertiary/aromatic N) is 4. The summed E-state index contributed by atoms with van der Waals surface area (Å²) in [5.74, 6) is 1.40. The standard InChI is InChI=1S/C22H21N5O3S/c1-29-18-10-8-16(12-19(18)30-2)17-9-11-20-24-25-22(27(20)26-17)31-14-21(28)23-13-15-6-4-3-5-7-15/h3-12H,13-14H2,1-2H3,(H,23,28). The summed E-state index contributed by atoms with van der Waals surface area (Å²) in [5.41, 5.74) is 3.25. The van der Waals surface area contributed by atoms with Crippen LogP contribution in [0.25, 0.3) is 16.9 Å². The van der Waals surface area contributed by atoms with E-state index in [-0.39, 0.29) is 11.7 Å². The summed E-state index contributed by atoms with van der Waals surface area (Å²) in [4.78, 5) is 12.2. The molecule has 0 radical (unpaired) electrons. The Kier molecular flexibility index (Phi) is 6.32. The van der Waals surface area contributed by atoms with Crippen LogP contribution in [0.15, 0.2) is 65.8 Å². The van der Waals surface area contributed by atoms with Gasteiger partial charge in [0.15, 0.2) is 17.1 Å². The second kappa shape index (κ2) is 9.48. The molecule has 31 heavy (non-hydrogen) atoms. The van der Waals surface area contributed by atoms with Gasteiger partial charge in [-0.3, -0.25) is 4.79 Å². The van der Waals surface area contributed by atoms with Crippen LogP contribution >= 0.6 is 11.8 Å². The van der Waals surface area contributed by atoms with E-state index in [0.29, 0.717) is 28.8 Å². The van der Waals surface area contributed by atoms with Gasteiger partial charge >= 0.3 is 0 Å². The number of benzene rings is 2. The van der Waals surface area contributed by atoms with Crippen LogP contribution < -0.4 is 14.8 Å². The van der Waals surface area contributed by atoms with Crippen LogP contribution in [-0.2, 0) is 11.3 Å². The van der Waals surface area contributed by atoms with E-state index in [2.05, 4.69) is 20.6 Å². The zero-order valence-electron chi connectivity index (χ0n) is 17.1. The third-order valence-electron chi connectivity index (χ3n) is 4.58. The van der Waals surface area contributed by atoms with E-state index >= 15 is 0 Å². The van der Waals surface area contributed by atoms with E-state index < -0.39 is 0 Å². The Labute approximate surface area is 183 Å². The molecule has 0 aliphatic carbocycles. The first kappa shape index (κ1) is 20.7. The molecular formula is C22H21N5O3S. The van der Waals surface area contributed by atoms with Gasteiger partial charge in [-0.05, 0) is 35.9 Å². The molecule has 0 saturated heterocycles. The molecule has 0 unspecified atom stereocenters. The fourth-order valence-corrected chi connectivity index (χ4v) is 3.70. The molecule has 0 bridgehead atoms. The van der Waals surface area contributed by atoms with Gasteiger partial charge in [0.25, 0.3) is 0 Å². The van der Waals surface area contributed by atoms with Crippen molar-refractivity contribution >= 4 is 23.3 Å². The van der Waals surface area contributed by atoms with Gasteiger partial charge in [0.05, 0.1) is 25.7 Å². The molecule has 2 aromatic carbocycles. The highest BCUT2D eigenvalue weighted by Crippen LogP contribution is 2.31. The minimum atomic E-state index is -0.0818. The Bertz CT molecular complexity index is 1200. The fourth-order valence-electron chi connectivity index (χ4n) is 2.99. The van der Waals surface area contributed by atoms with E-state index in [0.717, 1.165) is 16.8 Å². The second-order valence-electron chi connectivity index (χ2n) is 6.59. The Balaban J connectivity index is 1.48. The van der Waals surface area contributed by atoms with E-state index in [4.69, 9.17) is 9.47 Å².